The van der Waals surface area contributed by atoms with Gasteiger partial charge in [0.15, 0.2) is 0 Å². The third kappa shape index (κ3) is 7.99. The molecule has 130 valence electrons. The predicted molar refractivity (Wildman–Crippen MR) is 89.2 cm³/mol. The first-order chi connectivity index (χ1) is 10.4. The van der Waals surface area contributed by atoms with Crippen LogP contribution in [0.4, 0.5) is 4.79 Å². The van der Waals surface area contributed by atoms with Crippen molar-refractivity contribution in [3.8, 4) is 0 Å². The van der Waals surface area contributed by atoms with Crippen molar-refractivity contribution in [1.82, 2.24) is 10.2 Å². The highest BCUT2D eigenvalue weighted by atomic mass is 16.6. The summed E-state index contributed by atoms with van der Waals surface area (Å²) in [4.78, 5) is 14.2. The summed E-state index contributed by atoms with van der Waals surface area (Å²) in [6.45, 7) is 12.1. The second-order valence-corrected chi connectivity index (χ2v) is 6.99. The lowest BCUT2D eigenvalue weighted by molar-refractivity contribution is 0.00990. The van der Waals surface area contributed by atoms with Gasteiger partial charge in [-0.05, 0) is 59.4 Å². The number of ether oxygens (including phenoxy) is 2. The Morgan fingerprint density at radius 3 is 2.73 bits per heavy atom. The Balaban J connectivity index is 2.28. The second kappa shape index (κ2) is 10.1. The Hall–Kier alpha value is -0.810. The number of nitrogens with zero attached hydrogens (tertiary/aromatic N) is 1. The standard InChI is InChI=1S/C17H34N2O3/c1-5-12-21-13-8-10-18-14-15-9-6-7-11-19(15)16(20)22-17(2,3)4/h15,18H,5-14H2,1-4H3. The summed E-state index contributed by atoms with van der Waals surface area (Å²) in [6.07, 6.45) is 5.22. The van der Waals surface area contributed by atoms with Gasteiger partial charge in [0, 0.05) is 32.3 Å². The van der Waals surface area contributed by atoms with Gasteiger partial charge in [-0.3, -0.25) is 0 Å². The molecule has 1 heterocycles. The molecular weight excluding hydrogens is 280 g/mol. The molecule has 0 aromatic carbocycles. The largest absolute Gasteiger partial charge is 0.444 e. The zero-order valence-electron chi connectivity index (χ0n) is 14.8. The van der Waals surface area contributed by atoms with Crippen molar-refractivity contribution >= 4 is 6.09 Å². The van der Waals surface area contributed by atoms with Gasteiger partial charge >= 0.3 is 6.09 Å². The molecule has 1 fully saturated rings. The molecule has 1 N–H and O–H groups in total. The molecule has 5 nitrogen and oxygen atoms in total. The summed E-state index contributed by atoms with van der Waals surface area (Å²) in [5.41, 5.74) is -0.427. The minimum absolute atomic E-state index is 0.176. The molecule has 0 aromatic heterocycles. The topological polar surface area (TPSA) is 50.8 Å². The fourth-order valence-corrected chi connectivity index (χ4v) is 2.59. The summed E-state index contributed by atoms with van der Waals surface area (Å²) < 4.78 is 11.0. The number of rotatable bonds is 8. The third-order valence-electron chi connectivity index (χ3n) is 3.63. The van der Waals surface area contributed by atoms with E-state index in [1.807, 2.05) is 25.7 Å². The Labute approximate surface area is 135 Å². The number of piperidine rings is 1. The van der Waals surface area contributed by atoms with Crippen LogP contribution in [-0.2, 0) is 9.47 Å². The molecule has 1 saturated heterocycles. The molecule has 0 spiro atoms. The minimum Gasteiger partial charge on any atom is -0.444 e. The van der Waals surface area contributed by atoms with Crippen LogP contribution in [0.5, 0.6) is 0 Å². The molecule has 1 atom stereocenters. The second-order valence-electron chi connectivity index (χ2n) is 6.99. The lowest BCUT2D eigenvalue weighted by Crippen LogP contribution is -2.50. The smallest absolute Gasteiger partial charge is 0.410 e. The normalized spacial score (nSPS) is 19.3. The number of carbonyl (C=O) groups is 1. The van der Waals surface area contributed by atoms with Crippen molar-refractivity contribution < 1.29 is 14.3 Å². The van der Waals surface area contributed by atoms with Crippen LogP contribution in [0.25, 0.3) is 0 Å². The number of hydrogen-bond acceptors (Lipinski definition) is 4. The minimum atomic E-state index is -0.427. The molecule has 1 aliphatic heterocycles. The molecule has 0 aliphatic carbocycles. The van der Waals surface area contributed by atoms with Crippen LogP contribution in [0.1, 0.15) is 59.8 Å². The zero-order valence-corrected chi connectivity index (χ0v) is 14.8. The highest BCUT2D eigenvalue weighted by Gasteiger charge is 2.29. The van der Waals surface area contributed by atoms with Gasteiger partial charge in [0.25, 0.3) is 0 Å². The van der Waals surface area contributed by atoms with Crippen molar-refractivity contribution in [2.45, 2.75) is 71.4 Å². The van der Waals surface area contributed by atoms with Crippen LogP contribution in [-0.4, -0.2) is 55.5 Å². The maximum absolute atomic E-state index is 12.3. The van der Waals surface area contributed by atoms with Gasteiger partial charge in [0.2, 0.25) is 0 Å². The summed E-state index contributed by atoms with van der Waals surface area (Å²) in [7, 11) is 0. The van der Waals surface area contributed by atoms with Crippen LogP contribution in [0.15, 0.2) is 0 Å². The first kappa shape index (κ1) is 19.2. The van der Waals surface area contributed by atoms with Gasteiger partial charge < -0.3 is 19.7 Å². The summed E-state index contributed by atoms with van der Waals surface area (Å²) in [5, 5.41) is 3.45. The molecule has 1 aliphatic rings. The van der Waals surface area contributed by atoms with E-state index in [4.69, 9.17) is 9.47 Å². The van der Waals surface area contributed by atoms with Gasteiger partial charge in [-0.15, -0.1) is 0 Å². The number of amides is 1. The van der Waals surface area contributed by atoms with E-state index in [9.17, 15) is 4.79 Å². The van der Waals surface area contributed by atoms with Crippen LogP contribution >= 0.6 is 0 Å². The predicted octanol–water partition coefficient (Wildman–Crippen LogP) is 3.18. The molecule has 0 saturated carbocycles. The van der Waals surface area contributed by atoms with Crippen LogP contribution < -0.4 is 5.32 Å². The number of likely N-dealkylation sites (tertiary alicyclic amines) is 1. The van der Waals surface area contributed by atoms with Gasteiger partial charge in [0.05, 0.1) is 0 Å². The van der Waals surface area contributed by atoms with Crippen molar-refractivity contribution in [3.63, 3.8) is 0 Å². The van der Waals surface area contributed by atoms with Crippen LogP contribution in [0.2, 0.25) is 0 Å². The average Bonchev–Trinajstić information content (AvgIpc) is 2.45. The first-order valence-electron chi connectivity index (χ1n) is 8.72. The number of carbonyl (C=O) groups excluding carboxylic acids is 1. The van der Waals surface area contributed by atoms with Crippen LogP contribution in [0.3, 0.4) is 0 Å². The lowest BCUT2D eigenvalue weighted by Gasteiger charge is -2.37. The van der Waals surface area contributed by atoms with Crippen molar-refractivity contribution in [2.75, 3.05) is 32.8 Å². The van der Waals surface area contributed by atoms with E-state index in [1.165, 1.54) is 6.42 Å². The van der Waals surface area contributed by atoms with E-state index in [1.54, 1.807) is 0 Å². The molecular formula is C17H34N2O3. The molecule has 0 aromatic rings. The SMILES string of the molecule is CCCOCCCNCC1CCCCN1C(=O)OC(C)(C)C. The highest BCUT2D eigenvalue weighted by Crippen LogP contribution is 2.20. The van der Waals surface area contributed by atoms with E-state index in [2.05, 4.69) is 12.2 Å². The zero-order chi connectivity index (χ0) is 16.4. The molecule has 1 unspecified atom stereocenters. The molecule has 1 rings (SSSR count). The van der Waals surface area contributed by atoms with E-state index >= 15 is 0 Å². The van der Waals surface area contributed by atoms with Gasteiger partial charge in [0.1, 0.15) is 5.60 Å². The summed E-state index contributed by atoms with van der Waals surface area (Å²) >= 11 is 0. The summed E-state index contributed by atoms with van der Waals surface area (Å²) in [6, 6.07) is 0.250. The van der Waals surface area contributed by atoms with Crippen molar-refractivity contribution in [1.29, 1.82) is 0 Å². The first-order valence-corrected chi connectivity index (χ1v) is 8.72. The van der Waals surface area contributed by atoms with Gasteiger partial charge in [-0.2, -0.15) is 0 Å². The number of nitrogens with one attached hydrogen (secondary N) is 1. The molecule has 5 heteroatoms. The number of hydrogen-bond donors (Lipinski definition) is 1. The Kier molecular flexibility index (Phi) is 8.79. The van der Waals surface area contributed by atoms with Crippen molar-refractivity contribution in [2.24, 2.45) is 0 Å². The van der Waals surface area contributed by atoms with Crippen LogP contribution in [0, 0.1) is 0 Å². The van der Waals surface area contributed by atoms with Gasteiger partial charge in [-0.25, -0.2) is 4.79 Å². The quantitative estimate of drug-likeness (QED) is 0.699. The van der Waals surface area contributed by atoms with E-state index in [0.29, 0.717) is 0 Å². The average molecular weight is 314 g/mol. The molecule has 22 heavy (non-hydrogen) atoms. The monoisotopic (exact) mass is 314 g/mol. The summed E-state index contributed by atoms with van der Waals surface area (Å²) in [5.74, 6) is 0. The fourth-order valence-electron chi connectivity index (χ4n) is 2.59. The molecule has 1 amide bonds. The Morgan fingerprint density at radius 2 is 2.05 bits per heavy atom. The van der Waals surface area contributed by atoms with E-state index in [0.717, 1.165) is 58.5 Å². The lowest BCUT2D eigenvalue weighted by atomic mass is 10.0. The Morgan fingerprint density at radius 1 is 1.27 bits per heavy atom. The molecule has 0 radical (unpaired) electrons. The van der Waals surface area contributed by atoms with E-state index in [-0.39, 0.29) is 12.1 Å². The maximum atomic E-state index is 12.3. The van der Waals surface area contributed by atoms with Gasteiger partial charge in [-0.1, -0.05) is 6.92 Å². The Bertz CT molecular complexity index is 316. The molecule has 0 bridgehead atoms. The fraction of sp³-hybridized carbons (Fsp3) is 0.941. The third-order valence-corrected chi connectivity index (χ3v) is 3.63. The maximum Gasteiger partial charge on any atom is 0.410 e. The van der Waals surface area contributed by atoms with E-state index < -0.39 is 5.60 Å². The van der Waals surface area contributed by atoms with Crippen molar-refractivity contribution in [3.05, 3.63) is 0 Å². The highest BCUT2D eigenvalue weighted by molar-refractivity contribution is 5.68.